The molecule has 0 aliphatic rings. The number of benzene rings is 2. The smallest absolute Gasteiger partial charge is 0.0872 e. The summed E-state index contributed by atoms with van der Waals surface area (Å²) in [6, 6.07) is 18.4. The summed E-state index contributed by atoms with van der Waals surface area (Å²) in [4.78, 5) is 4.77. The van der Waals surface area contributed by atoms with Gasteiger partial charge in [-0.05, 0) is 28.1 Å². The number of nitrogens with one attached hydrogen (secondary N) is 1. The van der Waals surface area contributed by atoms with E-state index in [1.807, 2.05) is 37.4 Å². The minimum Gasteiger partial charge on any atom is -0.388 e. The highest BCUT2D eigenvalue weighted by Gasteiger charge is 2.08. The van der Waals surface area contributed by atoms with Gasteiger partial charge < -0.3 is 5.32 Å². The first-order valence-corrected chi connectivity index (χ1v) is 6.91. The number of aromatic nitrogens is 1. The predicted molar refractivity (Wildman–Crippen MR) is 84.4 cm³/mol. The van der Waals surface area contributed by atoms with Gasteiger partial charge in [0.25, 0.3) is 0 Å². The van der Waals surface area contributed by atoms with Gasteiger partial charge in [-0.3, -0.25) is 0 Å². The van der Waals surface area contributed by atoms with Crippen LogP contribution in [-0.4, -0.2) is 12.0 Å². The number of halogens is 1. The largest absolute Gasteiger partial charge is 0.388 e. The molecule has 0 saturated carbocycles. The molecular formula is C16H13BrN2. The maximum Gasteiger partial charge on any atom is 0.0872 e. The van der Waals surface area contributed by atoms with Gasteiger partial charge in [-0.2, -0.15) is 0 Å². The first-order valence-electron chi connectivity index (χ1n) is 6.12. The van der Waals surface area contributed by atoms with Crippen molar-refractivity contribution in [2.45, 2.75) is 0 Å². The van der Waals surface area contributed by atoms with Crippen LogP contribution < -0.4 is 5.32 Å². The lowest BCUT2D eigenvalue weighted by Crippen LogP contribution is -1.94. The van der Waals surface area contributed by atoms with E-state index in [0.717, 1.165) is 32.3 Å². The van der Waals surface area contributed by atoms with E-state index in [-0.39, 0.29) is 0 Å². The molecule has 0 spiro atoms. The van der Waals surface area contributed by atoms with Crippen LogP contribution in [0.3, 0.4) is 0 Å². The van der Waals surface area contributed by atoms with Crippen LogP contribution in [0.4, 0.5) is 5.69 Å². The van der Waals surface area contributed by atoms with E-state index >= 15 is 0 Å². The number of anilines is 1. The number of hydrogen-bond donors (Lipinski definition) is 1. The van der Waals surface area contributed by atoms with E-state index in [4.69, 9.17) is 4.98 Å². The Morgan fingerprint density at radius 2 is 1.79 bits per heavy atom. The zero-order valence-corrected chi connectivity index (χ0v) is 12.1. The van der Waals surface area contributed by atoms with E-state index in [9.17, 15) is 0 Å². The van der Waals surface area contributed by atoms with Gasteiger partial charge in [-0.25, -0.2) is 4.98 Å². The van der Waals surface area contributed by atoms with Gasteiger partial charge in [0.15, 0.2) is 0 Å². The van der Waals surface area contributed by atoms with Crippen molar-refractivity contribution in [3.05, 3.63) is 59.1 Å². The summed E-state index contributed by atoms with van der Waals surface area (Å²) in [6.45, 7) is 0. The fourth-order valence-corrected chi connectivity index (χ4v) is 2.63. The van der Waals surface area contributed by atoms with Crippen LogP contribution in [0.2, 0.25) is 0 Å². The molecule has 0 fully saturated rings. The number of pyridine rings is 1. The van der Waals surface area contributed by atoms with E-state index in [2.05, 4.69) is 45.5 Å². The molecule has 0 amide bonds. The van der Waals surface area contributed by atoms with Crippen LogP contribution in [-0.2, 0) is 0 Å². The molecule has 1 aromatic heterocycles. The highest BCUT2D eigenvalue weighted by atomic mass is 79.9. The first kappa shape index (κ1) is 12.2. The van der Waals surface area contributed by atoms with Crippen molar-refractivity contribution in [3.8, 4) is 11.3 Å². The Morgan fingerprint density at radius 1 is 1.00 bits per heavy atom. The van der Waals surface area contributed by atoms with Crippen molar-refractivity contribution < 1.29 is 0 Å². The zero-order chi connectivity index (χ0) is 13.2. The third-order valence-corrected chi connectivity index (χ3v) is 3.77. The molecule has 0 saturated heterocycles. The molecule has 2 nitrogen and oxygen atoms in total. The molecule has 2 aromatic carbocycles. The molecule has 3 aromatic rings. The minimum absolute atomic E-state index is 0.976. The van der Waals surface area contributed by atoms with Crippen LogP contribution >= 0.6 is 15.9 Å². The molecule has 0 unspecified atom stereocenters. The van der Waals surface area contributed by atoms with Crippen molar-refractivity contribution in [1.29, 1.82) is 0 Å². The molecule has 3 rings (SSSR count). The van der Waals surface area contributed by atoms with Crippen LogP contribution in [0.5, 0.6) is 0 Å². The Bertz CT molecular complexity index is 723. The number of rotatable bonds is 2. The fraction of sp³-hybridized carbons (Fsp3) is 0.0625. The van der Waals surface area contributed by atoms with Crippen LogP contribution in [0, 0.1) is 0 Å². The molecule has 3 heteroatoms. The predicted octanol–water partition coefficient (Wildman–Crippen LogP) is 4.71. The van der Waals surface area contributed by atoms with Crippen LogP contribution in [0.15, 0.2) is 59.1 Å². The molecular weight excluding hydrogens is 300 g/mol. The van der Waals surface area contributed by atoms with E-state index in [1.165, 1.54) is 0 Å². The number of para-hydroxylation sites is 1. The second kappa shape index (κ2) is 5.02. The molecule has 0 aliphatic heterocycles. The van der Waals surface area contributed by atoms with Gasteiger partial charge in [0.2, 0.25) is 0 Å². The highest BCUT2D eigenvalue weighted by Crippen LogP contribution is 2.31. The Morgan fingerprint density at radius 3 is 2.53 bits per heavy atom. The lowest BCUT2D eigenvalue weighted by Gasteiger charge is -2.10. The lowest BCUT2D eigenvalue weighted by molar-refractivity contribution is 1.38. The number of fused-ring (bicyclic) bond motifs is 1. The van der Waals surface area contributed by atoms with Crippen LogP contribution in [0.25, 0.3) is 22.2 Å². The summed E-state index contributed by atoms with van der Waals surface area (Å²) < 4.78 is 1.01. The highest BCUT2D eigenvalue weighted by molar-refractivity contribution is 9.10. The summed E-state index contributed by atoms with van der Waals surface area (Å²) in [5, 5.41) is 4.37. The van der Waals surface area contributed by atoms with Crippen molar-refractivity contribution in [2.24, 2.45) is 0 Å². The topological polar surface area (TPSA) is 24.9 Å². The average molecular weight is 313 g/mol. The summed E-state index contributed by atoms with van der Waals surface area (Å²) in [7, 11) is 1.93. The molecule has 0 radical (unpaired) electrons. The Hall–Kier alpha value is -1.87. The minimum atomic E-state index is 0.976. The summed E-state index contributed by atoms with van der Waals surface area (Å²) in [5.74, 6) is 0. The molecule has 0 atom stereocenters. The third-order valence-electron chi connectivity index (χ3n) is 3.13. The second-order valence-corrected chi connectivity index (χ2v) is 5.16. The standard InChI is InChI=1S/C16H13BrN2/c1-18-15-10-14(11-6-3-2-4-7-11)19-16-12(15)8-5-9-13(16)17/h2-10H,1H3,(H,18,19). The van der Waals surface area contributed by atoms with Gasteiger partial charge in [-0.15, -0.1) is 0 Å². The summed E-state index contributed by atoms with van der Waals surface area (Å²) >= 11 is 3.58. The van der Waals surface area contributed by atoms with Crippen LogP contribution in [0.1, 0.15) is 0 Å². The molecule has 0 bridgehead atoms. The van der Waals surface area contributed by atoms with Gasteiger partial charge >= 0.3 is 0 Å². The van der Waals surface area contributed by atoms with E-state index in [0.29, 0.717) is 0 Å². The molecule has 1 N–H and O–H groups in total. The van der Waals surface area contributed by atoms with Crippen molar-refractivity contribution in [1.82, 2.24) is 4.98 Å². The molecule has 0 aliphatic carbocycles. The quantitative estimate of drug-likeness (QED) is 0.741. The molecule has 19 heavy (non-hydrogen) atoms. The normalized spacial score (nSPS) is 10.6. The van der Waals surface area contributed by atoms with Crippen molar-refractivity contribution in [2.75, 3.05) is 12.4 Å². The summed E-state index contributed by atoms with van der Waals surface area (Å²) in [6.07, 6.45) is 0. The Balaban J connectivity index is 2.31. The first-order chi connectivity index (χ1) is 9.29. The van der Waals surface area contributed by atoms with Gasteiger partial charge in [-0.1, -0.05) is 42.5 Å². The maximum atomic E-state index is 4.77. The van der Waals surface area contributed by atoms with E-state index in [1.54, 1.807) is 0 Å². The SMILES string of the molecule is CNc1cc(-c2ccccc2)nc2c(Br)cccc12. The zero-order valence-electron chi connectivity index (χ0n) is 10.5. The van der Waals surface area contributed by atoms with Gasteiger partial charge in [0.05, 0.1) is 11.2 Å². The molecule has 94 valence electrons. The number of hydrogen-bond acceptors (Lipinski definition) is 2. The van der Waals surface area contributed by atoms with Gasteiger partial charge in [0, 0.05) is 28.2 Å². The van der Waals surface area contributed by atoms with Gasteiger partial charge in [0.1, 0.15) is 0 Å². The molecule has 1 heterocycles. The van der Waals surface area contributed by atoms with Crippen molar-refractivity contribution in [3.63, 3.8) is 0 Å². The second-order valence-electron chi connectivity index (χ2n) is 4.31. The fourth-order valence-electron chi connectivity index (χ4n) is 2.18. The van der Waals surface area contributed by atoms with Crippen molar-refractivity contribution >= 4 is 32.5 Å². The Kier molecular flexibility index (Phi) is 3.22. The summed E-state index contributed by atoms with van der Waals surface area (Å²) in [5.41, 5.74) is 4.17. The third kappa shape index (κ3) is 2.22. The maximum absolute atomic E-state index is 4.77. The number of nitrogens with zero attached hydrogens (tertiary/aromatic N) is 1. The monoisotopic (exact) mass is 312 g/mol. The Labute approximate surface area is 120 Å². The average Bonchev–Trinajstić information content (AvgIpc) is 2.48. The lowest BCUT2D eigenvalue weighted by atomic mass is 10.1. The van der Waals surface area contributed by atoms with E-state index < -0.39 is 0 Å².